The number of allylic oxidation sites excluding steroid dienone is 1. The lowest BCUT2D eigenvalue weighted by Gasteiger charge is -2.05. The summed E-state index contributed by atoms with van der Waals surface area (Å²) in [7, 11) is 0. The molecular weight excluding hydrogens is 326 g/mol. The molecule has 0 aromatic heterocycles. The van der Waals surface area contributed by atoms with E-state index >= 15 is 0 Å². The minimum absolute atomic E-state index is 0.0562. The molecule has 0 spiro atoms. The van der Waals surface area contributed by atoms with Crippen LogP contribution in [0.3, 0.4) is 0 Å². The molecule has 0 unspecified atom stereocenters. The Labute approximate surface area is 150 Å². The lowest BCUT2D eigenvalue weighted by atomic mass is 9.99. The van der Waals surface area contributed by atoms with Crippen molar-refractivity contribution in [2.75, 3.05) is 5.43 Å². The fraction of sp³-hybridized carbons (Fsp3) is 0. The number of rotatable bonds is 4. The van der Waals surface area contributed by atoms with Gasteiger partial charge in [-0.2, -0.15) is 5.10 Å². The monoisotopic (exact) mass is 341 g/mol. The molecular formula is C21H15N3O2. The van der Waals surface area contributed by atoms with Crippen LogP contribution in [0.5, 0.6) is 0 Å². The summed E-state index contributed by atoms with van der Waals surface area (Å²) in [5, 5.41) is 15.2. The smallest absolute Gasteiger partial charge is 0.269 e. The number of anilines is 1. The van der Waals surface area contributed by atoms with Crippen molar-refractivity contribution in [3.63, 3.8) is 0 Å². The zero-order valence-corrected chi connectivity index (χ0v) is 13.8. The zero-order valence-electron chi connectivity index (χ0n) is 13.8. The van der Waals surface area contributed by atoms with Crippen molar-refractivity contribution in [2.45, 2.75) is 0 Å². The first-order valence-corrected chi connectivity index (χ1v) is 8.17. The van der Waals surface area contributed by atoms with Gasteiger partial charge in [-0.05, 0) is 34.9 Å². The molecule has 1 aliphatic carbocycles. The topological polar surface area (TPSA) is 67.5 Å². The van der Waals surface area contributed by atoms with Crippen LogP contribution < -0.4 is 5.43 Å². The van der Waals surface area contributed by atoms with Gasteiger partial charge in [-0.15, -0.1) is 0 Å². The first-order valence-electron chi connectivity index (χ1n) is 8.17. The summed E-state index contributed by atoms with van der Waals surface area (Å²) in [6.07, 6.45) is 2.05. The number of nitro benzene ring substituents is 1. The van der Waals surface area contributed by atoms with Gasteiger partial charge in [0.25, 0.3) is 5.69 Å². The Morgan fingerprint density at radius 3 is 2.15 bits per heavy atom. The van der Waals surface area contributed by atoms with Crippen LogP contribution in [-0.2, 0) is 0 Å². The van der Waals surface area contributed by atoms with Gasteiger partial charge in [0, 0.05) is 17.7 Å². The normalized spacial score (nSPS) is 14.0. The molecule has 0 saturated heterocycles. The third kappa shape index (κ3) is 2.98. The molecule has 5 nitrogen and oxygen atoms in total. The third-order valence-electron chi connectivity index (χ3n) is 4.24. The van der Waals surface area contributed by atoms with Crippen LogP contribution >= 0.6 is 0 Å². The van der Waals surface area contributed by atoms with E-state index in [9.17, 15) is 10.1 Å². The highest BCUT2D eigenvalue weighted by atomic mass is 16.6. The highest BCUT2D eigenvalue weighted by molar-refractivity contribution is 6.21. The predicted octanol–water partition coefficient (Wildman–Crippen LogP) is 4.86. The van der Waals surface area contributed by atoms with Gasteiger partial charge in [0.05, 0.1) is 16.3 Å². The number of nitrogens with zero attached hydrogens (tertiary/aromatic N) is 2. The van der Waals surface area contributed by atoms with Gasteiger partial charge in [0.2, 0.25) is 0 Å². The molecule has 0 heterocycles. The maximum absolute atomic E-state index is 10.7. The van der Waals surface area contributed by atoms with Crippen LogP contribution in [0.4, 0.5) is 11.4 Å². The average molecular weight is 341 g/mol. The van der Waals surface area contributed by atoms with Crippen LogP contribution in [0.15, 0.2) is 90.0 Å². The highest BCUT2D eigenvalue weighted by Gasteiger charge is 2.20. The zero-order chi connectivity index (χ0) is 17.9. The highest BCUT2D eigenvalue weighted by Crippen LogP contribution is 2.32. The third-order valence-corrected chi connectivity index (χ3v) is 4.24. The number of benzene rings is 3. The summed E-state index contributed by atoms with van der Waals surface area (Å²) >= 11 is 0. The van der Waals surface area contributed by atoms with E-state index in [1.54, 1.807) is 12.1 Å². The van der Waals surface area contributed by atoms with Gasteiger partial charge in [-0.25, -0.2) is 0 Å². The van der Waals surface area contributed by atoms with E-state index in [0.717, 1.165) is 28.0 Å². The van der Waals surface area contributed by atoms with Crippen molar-refractivity contribution in [1.82, 2.24) is 0 Å². The lowest BCUT2D eigenvalue weighted by Crippen LogP contribution is -1.99. The van der Waals surface area contributed by atoms with E-state index < -0.39 is 4.92 Å². The second-order valence-electron chi connectivity index (χ2n) is 5.88. The molecule has 5 heteroatoms. The van der Waals surface area contributed by atoms with E-state index in [4.69, 9.17) is 0 Å². The van der Waals surface area contributed by atoms with E-state index in [2.05, 4.69) is 34.8 Å². The summed E-state index contributed by atoms with van der Waals surface area (Å²) in [5.74, 6) is 0. The summed E-state index contributed by atoms with van der Waals surface area (Å²) in [4.78, 5) is 10.3. The Morgan fingerprint density at radius 2 is 1.46 bits per heavy atom. The summed E-state index contributed by atoms with van der Waals surface area (Å²) in [6.45, 7) is 0. The molecule has 0 amide bonds. The largest absolute Gasteiger partial charge is 0.278 e. The number of hydrogen-bond donors (Lipinski definition) is 1. The SMILES string of the molecule is O=[N+]([O-])c1ccc(N/N=C2\C=C(c3ccccc3)c3ccccc32)cc1. The summed E-state index contributed by atoms with van der Waals surface area (Å²) < 4.78 is 0. The number of fused-ring (bicyclic) bond motifs is 1. The van der Waals surface area contributed by atoms with Crippen LogP contribution in [0.25, 0.3) is 5.57 Å². The molecule has 126 valence electrons. The number of hydrazone groups is 1. The maximum atomic E-state index is 10.7. The molecule has 0 fully saturated rings. The van der Waals surface area contributed by atoms with Crippen molar-refractivity contribution >= 4 is 22.7 Å². The fourth-order valence-electron chi connectivity index (χ4n) is 2.97. The van der Waals surface area contributed by atoms with Crippen molar-refractivity contribution in [3.05, 3.63) is 112 Å². The van der Waals surface area contributed by atoms with Gasteiger partial charge in [-0.3, -0.25) is 15.5 Å². The van der Waals surface area contributed by atoms with Crippen molar-refractivity contribution in [3.8, 4) is 0 Å². The van der Waals surface area contributed by atoms with Gasteiger partial charge < -0.3 is 0 Å². The lowest BCUT2D eigenvalue weighted by molar-refractivity contribution is -0.384. The van der Waals surface area contributed by atoms with Crippen molar-refractivity contribution in [2.24, 2.45) is 5.10 Å². The van der Waals surface area contributed by atoms with E-state index in [0.29, 0.717) is 5.69 Å². The Balaban J connectivity index is 1.66. The number of hydrogen-bond acceptors (Lipinski definition) is 4. The van der Waals surface area contributed by atoms with Gasteiger partial charge in [0.1, 0.15) is 0 Å². The minimum atomic E-state index is -0.419. The summed E-state index contributed by atoms with van der Waals surface area (Å²) in [6, 6.07) is 24.5. The van der Waals surface area contributed by atoms with Gasteiger partial charge in [0.15, 0.2) is 0 Å². The van der Waals surface area contributed by atoms with Crippen LogP contribution in [-0.4, -0.2) is 10.6 Å². The van der Waals surface area contributed by atoms with Crippen LogP contribution in [0, 0.1) is 10.1 Å². The summed E-state index contributed by atoms with van der Waals surface area (Å²) in [5.41, 5.74) is 9.04. The van der Waals surface area contributed by atoms with Gasteiger partial charge >= 0.3 is 0 Å². The van der Waals surface area contributed by atoms with Crippen LogP contribution in [0.1, 0.15) is 16.7 Å². The molecule has 3 aromatic rings. The fourth-order valence-corrected chi connectivity index (χ4v) is 2.97. The Hall–Kier alpha value is -3.73. The molecule has 0 radical (unpaired) electrons. The number of nitro groups is 1. The number of non-ortho nitro benzene ring substituents is 1. The van der Waals surface area contributed by atoms with E-state index in [1.165, 1.54) is 12.1 Å². The molecule has 3 aromatic carbocycles. The Bertz CT molecular complexity index is 1020. The number of nitrogens with one attached hydrogen (secondary N) is 1. The molecule has 0 aliphatic heterocycles. The maximum Gasteiger partial charge on any atom is 0.269 e. The first kappa shape index (κ1) is 15.8. The first-order chi connectivity index (χ1) is 12.7. The second-order valence-corrected chi connectivity index (χ2v) is 5.88. The molecule has 0 atom stereocenters. The molecule has 1 N–H and O–H groups in total. The van der Waals surface area contributed by atoms with Crippen LogP contribution in [0.2, 0.25) is 0 Å². The average Bonchev–Trinajstić information content (AvgIpc) is 3.06. The Morgan fingerprint density at radius 1 is 0.808 bits per heavy atom. The molecule has 26 heavy (non-hydrogen) atoms. The quantitative estimate of drug-likeness (QED) is 0.544. The molecule has 4 rings (SSSR count). The molecule has 0 saturated carbocycles. The minimum Gasteiger partial charge on any atom is -0.278 e. The second kappa shape index (κ2) is 6.64. The Kier molecular flexibility index (Phi) is 4.03. The molecule has 0 bridgehead atoms. The van der Waals surface area contributed by atoms with Crippen molar-refractivity contribution < 1.29 is 4.92 Å². The predicted molar refractivity (Wildman–Crippen MR) is 103 cm³/mol. The van der Waals surface area contributed by atoms with E-state index in [-0.39, 0.29) is 5.69 Å². The van der Waals surface area contributed by atoms with E-state index in [1.807, 2.05) is 36.4 Å². The molecule has 1 aliphatic rings. The standard InChI is InChI=1S/C21H15N3O2/c25-24(26)17-12-10-16(11-13-17)22-23-21-14-20(15-6-2-1-3-7-15)18-8-4-5-9-19(18)21/h1-14,22H/b23-21+. The van der Waals surface area contributed by atoms with Gasteiger partial charge in [-0.1, -0.05) is 54.6 Å². The van der Waals surface area contributed by atoms with Crippen molar-refractivity contribution in [1.29, 1.82) is 0 Å².